The van der Waals surface area contributed by atoms with Crippen molar-refractivity contribution in [2.24, 2.45) is 4.99 Å². The smallest absolute Gasteiger partial charge is 0.241 e. The van der Waals surface area contributed by atoms with Gasteiger partial charge in [0.2, 0.25) is 5.91 Å². The summed E-state index contributed by atoms with van der Waals surface area (Å²) >= 11 is 1.69. The first-order chi connectivity index (χ1) is 12.7. The number of guanidine groups is 1. The summed E-state index contributed by atoms with van der Waals surface area (Å²) in [5.74, 6) is 0.541. The molecule has 1 amide bonds. The minimum Gasteiger partial charge on any atom is -0.357 e. The van der Waals surface area contributed by atoms with Gasteiger partial charge in [-0.25, -0.2) is 9.98 Å². The largest absolute Gasteiger partial charge is 0.357 e. The fourth-order valence-electron chi connectivity index (χ4n) is 2.29. The molecule has 1 aromatic heterocycles. The SMILES string of the molecule is CCNC(=NCC(=O)NCCc1ccccc1)NCc1ncc(CC)s1.I. The molecule has 0 atom stereocenters. The molecule has 2 aromatic rings. The van der Waals surface area contributed by atoms with E-state index in [1.165, 1.54) is 10.4 Å². The Balaban J connectivity index is 0.00000364. The second-order valence-corrected chi connectivity index (χ2v) is 6.91. The summed E-state index contributed by atoms with van der Waals surface area (Å²) in [6.07, 6.45) is 3.72. The lowest BCUT2D eigenvalue weighted by molar-refractivity contribution is -0.119. The van der Waals surface area contributed by atoms with Gasteiger partial charge in [-0.1, -0.05) is 37.3 Å². The van der Waals surface area contributed by atoms with E-state index in [0.29, 0.717) is 19.0 Å². The van der Waals surface area contributed by atoms with Crippen LogP contribution in [0, 0.1) is 0 Å². The van der Waals surface area contributed by atoms with Crippen molar-refractivity contribution in [2.45, 2.75) is 33.2 Å². The van der Waals surface area contributed by atoms with Gasteiger partial charge in [-0.15, -0.1) is 35.3 Å². The zero-order valence-corrected chi connectivity index (χ0v) is 19.0. The third kappa shape index (κ3) is 9.18. The topological polar surface area (TPSA) is 78.4 Å². The highest BCUT2D eigenvalue weighted by molar-refractivity contribution is 14.0. The van der Waals surface area contributed by atoms with Gasteiger partial charge in [0.05, 0.1) is 6.54 Å². The number of hydrogen-bond acceptors (Lipinski definition) is 4. The van der Waals surface area contributed by atoms with E-state index in [2.05, 4.69) is 45.0 Å². The fourth-order valence-corrected chi connectivity index (χ4v) is 3.09. The van der Waals surface area contributed by atoms with Crippen LogP contribution in [0.15, 0.2) is 41.5 Å². The van der Waals surface area contributed by atoms with E-state index in [4.69, 9.17) is 0 Å². The van der Waals surface area contributed by atoms with Crippen LogP contribution in [0.2, 0.25) is 0 Å². The minimum atomic E-state index is -0.0827. The van der Waals surface area contributed by atoms with Crippen molar-refractivity contribution < 1.29 is 4.79 Å². The molecule has 1 heterocycles. The van der Waals surface area contributed by atoms with Gasteiger partial charge < -0.3 is 16.0 Å². The van der Waals surface area contributed by atoms with Crippen LogP contribution in [-0.4, -0.2) is 36.5 Å². The third-order valence-corrected chi connectivity index (χ3v) is 4.80. The summed E-state index contributed by atoms with van der Waals surface area (Å²) in [5.41, 5.74) is 1.21. The van der Waals surface area contributed by atoms with Crippen molar-refractivity contribution >= 4 is 47.2 Å². The van der Waals surface area contributed by atoms with Crippen molar-refractivity contribution in [3.8, 4) is 0 Å². The number of amides is 1. The number of aliphatic imine (C=N–C) groups is 1. The minimum absolute atomic E-state index is 0. The number of aromatic nitrogens is 1. The first-order valence-electron chi connectivity index (χ1n) is 8.97. The van der Waals surface area contributed by atoms with Gasteiger partial charge >= 0.3 is 0 Å². The van der Waals surface area contributed by atoms with Gasteiger partial charge in [-0.05, 0) is 25.3 Å². The van der Waals surface area contributed by atoms with E-state index >= 15 is 0 Å². The maximum absolute atomic E-state index is 12.0. The summed E-state index contributed by atoms with van der Waals surface area (Å²) in [5, 5.41) is 10.3. The highest BCUT2D eigenvalue weighted by Gasteiger charge is 2.04. The molecule has 0 fully saturated rings. The zero-order valence-electron chi connectivity index (χ0n) is 15.8. The van der Waals surface area contributed by atoms with E-state index < -0.39 is 0 Å². The maximum atomic E-state index is 12.0. The van der Waals surface area contributed by atoms with Crippen LogP contribution in [0.1, 0.15) is 29.3 Å². The maximum Gasteiger partial charge on any atom is 0.241 e. The Bertz CT molecular complexity index is 705. The lowest BCUT2D eigenvalue weighted by Crippen LogP contribution is -2.38. The second-order valence-electron chi connectivity index (χ2n) is 5.71. The number of hydrogen-bond donors (Lipinski definition) is 3. The molecule has 2 rings (SSSR count). The van der Waals surface area contributed by atoms with Crippen molar-refractivity contribution in [1.82, 2.24) is 20.9 Å². The van der Waals surface area contributed by atoms with Crippen LogP contribution in [-0.2, 0) is 24.2 Å². The standard InChI is InChI=1S/C19H27N5OS.HI/c1-3-16-12-22-18(26-16)14-24-19(20-4-2)23-13-17(25)21-11-10-15-8-6-5-7-9-15;/h5-9,12H,3-4,10-11,13-14H2,1-2H3,(H,21,25)(H2,20,23,24);1H. The molecule has 0 spiro atoms. The Hall–Kier alpha value is -1.68. The number of aryl methyl sites for hydroxylation is 1. The number of benzene rings is 1. The van der Waals surface area contributed by atoms with Gasteiger partial charge in [0, 0.05) is 24.2 Å². The molecule has 0 aliphatic heterocycles. The number of nitrogens with zero attached hydrogens (tertiary/aromatic N) is 2. The molecule has 8 heteroatoms. The third-order valence-electron chi connectivity index (χ3n) is 3.66. The molecule has 3 N–H and O–H groups in total. The van der Waals surface area contributed by atoms with E-state index in [1.807, 2.05) is 31.3 Å². The van der Waals surface area contributed by atoms with Crippen LogP contribution >= 0.6 is 35.3 Å². The molecule has 27 heavy (non-hydrogen) atoms. The first kappa shape index (κ1) is 23.4. The Labute approximate surface area is 182 Å². The fraction of sp³-hybridized carbons (Fsp3) is 0.421. The summed E-state index contributed by atoms with van der Waals surface area (Å²) in [6, 6.07) is 10.1. The average Bonchev–Trinajstić information content (AvgIpc) is 3.13. The van der Waals surface area contributed by atoms with Crippen LogP contribution in [0.25, 0.3) is 0 Å². The Kier molecular flexibility index (Phi) is 11.7. The lowest BCUT2D eigenvalue weighted by Gasteiger charge is -2.10. The van der Waals surface area contributed by atoms with Crippen LogP contribution in [0.4, 0.5) is 0 Å². The van der Waals surface area contributed by atoms with E-state index in [9.17, 15) is 4.79 Å². The second kappa shape index (κ2) is 13.5. The molecule has 0 bridgehead atoms. The number of nitrogens with one attached hydrogen (secondary N) is 3. The molecular weight excluding hydrogens is 473 g/mol. The van der Waals surface area contributed by atoms with E-state index in [-0.39, 0.29) is 36.4 Å². The zero-order chi connectivity index (χ0) is 18.6. The number of carbonyl (C=O) groups is 1. The van der Waals surface area contributed by atoms with Gasteiger partial charge in [0.15, 0.2) is 5.96 Å². The average molecular weight is 501 g/mol. The predicted octanol–water partition coefficient (Wildman–Crippen LogP) is 2.74. The molecule has 0 saturated carbocycles. The molecule has 6 nitrogen and oxygen atoms in total. The normalized spacial score (nSPS) is 10.8. The summed E-state index contributed by atoms with van der Waals surface area (Å²) in [6.45, 7) is 6.16. The van der Waals surface area contributed by atoms with Crippen molar-refractivity contribution in [3.63, 3.8) is 0 Å². The first-order valence-corrected chi connectivity index (χ1v) is 9.79. The Morgan fingerprint density at radius 2 is 1.93 bits per heavy atom. The number of halogens is 1. The van der Waals surface area contributed by atoms with Crippen molar-refractivity contribution in [3.05, 3.63) is 52.0 Å². The molecule has 1 aromatic carbocycles. The van der Waals surface area contributed by atoms with Gasteiger partial charge in [-0.3, -0.25) is 4.79 Å². The monoisotopic (exact) mass is 501 g/mol. The Morgan fingerprint density at radius 1 is 1.15 bits per heavy atom. The highest BCUT2D eigenvalue weighted by Crippen LogP contribution is 2.12. The molecule has 0 unspecified atom stereocenters. The Morgan fingerprint density at radius 3 is 2.59 bits per heavy atom. The molecule has 0 radical (unpaired) electrons. The molecule has 0 saturated heterocycles. The lowest BCUT2D eigenvalue weighted by atomic mass is 10.1. The van der Waals surface area contributed by atoms with Crippen LogP contribution < -0.4 is 16.0 Å². The summed E-state index contributed by atoms with van der Waals surface area (Å²) in [7, 11) is 0. The van der Waals surface area contributed by atoms with Crippen molar-refractivity contribution in [2.75, 3.05) is 19.6 Å². The summed E-state index contributed by atoms with van der Waals surface area (Å²) in [4.78, 5) is 22.0. The van der Waals surface area contributed by atoms with Gasteiger partial charge in [0.1, 0.15) is 11.6 Å². The molecular formula is C19H28IN5OS. The summed E-state index contributed by atoms with van der Waals surface area (Å²) < 4.78 is 0. The highest BCUT2D eigenvalue weighted by atomic mass is 127. The quantitative estimate of drug-likeness (QED) is 0.281. The van der Waals surface area contributed by atoms with E-state index in [1.54, 1.807) is 11.3 Å². The molecule has 0 aliphatic carbocycles. The van der Waals surface area contributed by atoms with E-state index in [0.717, 1.165) is 24.4 Å². The molecule has 148 valence electrons. The number of thiazole rings is 1. The van der Waals surface area contributed by atoms with Gasteiger partial charge in [0.25, 0.3) is 0 Å². The number of carbonyl (C=O) groups excluding carboxylic acids is 1. The predicted molar refractivity (Wildman–Crippen MR) is 123 cm³/mol. The molecule has 0 aliphatic rings. The van der Waals surface area contributed by atoms with Crippen LogP contribution in [0.5, 0.6) is 0 Å². The van der Waals surface area contributed by atoms with Crippen LogP contribution in [0.3, 0.4) is 0 Å². The van der Waals surface area contributed by atoms with Gasteiger partial charge in [-0.2, -0.15) is 0 Å². The number of rotatable bonds is 9. The van der Waals surface area contributed by atoms with Crippen molar-refractivity contribution in [1.29, 1.82) is 0 Å².